The number of rotatable bonds is 4. The first-order valence-corrected chi connectivity index (χ1v) is 6.63. The van der Waals surface area contributed by atoms with Gasteiger partial charge in [0.25, 0.3) is 0 Å². The van der Waals surface area contributed by atoms with Crippen molar-refractivity contribution < 1.29 is 4.74 Å². The Kier molecular flexibility index (Phi) is 4.45. The number of nitrogens with zero attached hydrogens (tertiary/aromatic N) is 3. The Bertz CT molecular complexity index is 696. The van der Waals surface area contributed by atoms with Crippen LogP contribution >= 0.6 is 11.6 Å². The summed E-state index contributed by atoms with van der Waals surface area (Å²) in [5.41, 5.74) is 7.35. The minimum atomic E-state index is -0.0476. The zero-order valence-corrected chi connectivity index (χ0v) is 12.3. The molecule has 0 unspecified atom stereocenters. The van der Waals surface area contributed by atoms with Crippen molar-refractivity contribution in [2.75, 3.05) is 11.1 Å². The Balaban J connectivity index is 2.30. The van der Waals surface area contributed by atoms with Crippen molar-refractivity contribution in [1.29, 1.82) is 5.26 Å². The number of aromatic nitrogens is 2. The topological polar surface area (TPSA) is 96.9 Å². The van der Waals surface area contributed by atoms with Crippen LogP contribution in [0.5, 0.6) is 5.88 Å². The minimum absolute atomic E-state index is 0.0476. The molecule has 0 spiro atoms. The molecule has 0 fully saturated rings. The molecule has 0 aliphatic rings. The number of nitrogens with one attached hydrogen (secondary N) is 1. The average Bonchev–Trinajstić information content (AvgIpc) is 2.44. The van der Waals surface area contributed by atoms with Crippen molar-refractivity contribution in [3.05, 3.63) is 35.1 Å². The van der Waals surface area contributed by atoms with Crippen LogP contribution in [0.3, 0.4) is 0 Å². The molecule has 0 saturated heterocycles. The molecule has 2 rings (SSSR count). The molecule has 3 N–H and O–H groups in total. The second-order valence-electron chi connectivity index (χ2n) is 4.54. The first-order valence-electron chi connectivity index (χ1n) is 6.25. The number of benzene rings is 1. The summed E-state index contributed by atoms with van der Waals surface area (Å²) in [7, 11) is 0. The molecule has 6 nitrogen and oxygen atoms in total. The molecule has 0 radical (unpaired) electrons. The molecule has 0 bridgehead atoms. The van der Waals surface area contributed by atoms with E-state index in [4.69, 9.17) is 27.3 Å². The predicted molar refractivity (Wildman–Crippen MR) is 81.7 cm³/mol. The molecule has 2 aromatic rings. The van der Waals surface area contributed by atoms with E-state index in [0.29, 0.717) is 33.7 Å². The number of ether oxygens (including phenoxy) is 1. The Hall–Kier alpha value is -2.52. The summed E-state index contributed by atoms with van der Waals surface area (Å²) in [6.45, 7) is 3.76. The maximum atomic E-state index is 8.82. The van der Waals surface area contributed by atoms with Crippen LogP contribution in [0.15, 0.2) is 24.5 Å². The maximum absolute atomic E-state index is 8.82. The van der Waals surface area contributed by atoms with Gasteiger partial charge in [-0.2, -0.15) is 10.2 Å². The lowest BCUT2D eigenvalue weighted by molar-refractivity contribution is 0.234. The largest absolute Gasteiger partial charge is 0.473 e. The van der Waals surface area contributed by atoms with Crippen molar-refractivity contribution in [3.63, 3.8) is 0 Å². The Morgan fingerprint density at radius 3 is 2.76 bits per heavy atom. The van der Waals surface area contributed by atoms with Crippen LogP contribution in [0.1, 0.15) is 19.4 Å². The number of nitrogens with two attached hydrogens (primary N) is 1. The highest BCUT2D eigenvalue weighted by atomic mass is 35.5. The lowest BCUT2D eigenvalue weighted by Gasteiger charge is -2.14. The third-order valence-electron chi connectivity index (χ3n) is 2.55. The summed E-state index contributed by atoms with van der Waals surface area (Å²) in [6, 6.07) is 6.92. The van der Waals surface area contributed by atoms with Crippen LogP contribution in [0.4, 0.5) is 17.2 Å². The van der Waals surface area contributed by atoms with Crippen LogP contribution in [0.25, 0.3) is 0 Å². The van der Waals surface area contributed by atoms with Gasteiger partial charge in [0.2, 0.25) is 5.88 Å². The highest BCUT2D eigenvalue weighted by Crippen LogP contribution is 2.31. The fourth-order valence-electron chi connectivity index (χ4n) is 1.61. The molecule has 108 valence electrons. The van der Waals surface area contributed by atoms with Gasteiger partial charge in [-0.15, -0.1) is 0 Å². The van der Waals surface area contributed by atoms with E-state index in [0.717, 1.165) is 0 Å². The molecular weight excluding hydrogens is 290 g/mol. The van der Waals surface area contributed by atoms with Gasteiger partial charge in [0.1, 0.15) is 12.0 Å². The van der Waals surface area contributed by atoms with Gasteiger partial charge in [0.05, 0.1) is 28.4 Å². The van der Waals surface area contributed by atoms with Crippen LogP contribution in [0, 0.1) is 11.3 Å². The summed E-state index contributed by atoms with van der Waals surface area (Å²) in [4.78, 5) is 8.07. The Labute approximate surface area is 127 Å². The summed E-state index contributed by atoms with van der Waals surface area (Å²) >= 11 is 6.11. The van der Waals surface area contributed by atoms with E-state index in [-0.39, 0.29) is 6.10 Å². The molecule has 1 heterocycles. The molecule has 0 saturated carbocycles. The summed E-state index contributed by atoms with van der Waals surface area (Å²) in [5, 5.41) is 12.2. The molecule has 7 heteroatoms. The smallest absolute Gasteiger partial charge is 0.242 e. The highest BCUT2D eigenvalue weighted by Gasteiger charge is 2.12. The molecule has 0 aliphatic carbocycles. The number of hydrogen-bond donors (Lipinski definition) is 2. The van der Waals surface area contributed by atoms with Gasteiger partial charge >= 0.3 is 0 Å². The van der Waals surface area contributed by atoms with Crippen LogP contribution in [0.2, 0.25) is 5.02 Å². The van der Waals surface area contributed by atoms with E-state index in [9.17, 15) is 0 Å². The van der Waals surface area contributed by atoms with Gasteiger partial charge in [-0.3, -0.25) is 0 Å². The summed E-state index contributed by atoms with van der Waals surface area (Å²) in [5.74, 6) is 0.708. The third-order valence-corrected chi connectivity index (χ3v) is 2.86. The molecule has 0 atom stereocenters. The van der Waals surface area contributed by atoms with Gasteiger partial charge < -0.3 is 15.8 Å². The number of nitrogen functional groups attached to an aromatic ring is 1. The van der Waals surface area contributed by atoms with Crippen LogP contribution in [-0.4, -0.2) is 16.1 Å². The van der Waals surface area contributed by atoms with Gasteiger partial charge in [-0.25, -0.2) is 4.98 Å². The Morgan fingerprint density at radius 1 is 1.38 bits per heavy atom. The Morgan fingerprint density at radius 2 is 2.14 bits per heavy atom. The molecule has 21 heavy (non-hydrogen) atoms. The predicted octanol–water partition coefficient (Wildman–Crippen LogP) is 3.11. The number of hydrogen-bond acceptors (Lipinski definition) is 6. The van der Waals surface area contributed by atoms with E-state index >= 15 is 0 Å². The van der Waals surface area contributed by atoms with E-state index in [2.05, 4.69) is 15.3 Å². The lowest BCUT2D eigenvalue weighted by atomic mass is 10.2. The molecular formula is C14H14ClN5O. The fraction of sp³-hybridized carbons (Fsp3) is 0.214. The summed E-state index contributed by atoms with van der Waals surface area (Å²) in [6.07, 6.45) is 1.31. The fourth-order valence-corrected chi connectivity index (χ4v) is 1.84. The van der Waals surface area contributed by atoms with Crippen LogP contribution in [-0.2, 0) is 0 Å². The van der Waals surface area contributed by atoms with Crippen molar-refractivity contribution in [1.82, 2.24) is 9.97 Å². The second kappa shape index (κ2) is 6.29. The third kappa shape index (κ3) is 3.52. The van der Waals surface area contributed by atoms with Gasteiger partial charge in [0.15, 0.2) is 5.82 Å². The molecule has 1 aromatic heterocycles. The van der Waals surface area contributed by atoms with Gasteiger partial charge in [-0.05, 0) is 32.0 Å². The normalized spacial score (nSPS) is 10.2. The van der Waals surface area contributed by atoms with Crippen molar-refractivity contribution >= 4 is 28.8 Å². The standard InChI is InChI=1S/C14H14ClN5O/c1-8(2)21-14-12(17)13(18-7-19-14)20-11-4-3-9(6-16)5-10(11)15/h3-5,7-8H,17H2,1-2H3,(H,18,19,20). The van der Waals surface area contributed by atoms with Crippen LogP contribution < -0.4 is 15.8 Å². The van der Waals surface area contributed by atoms with Crippen molar-refractivity contribution in [3.8, 4) is 11.9 Å². The monoisotopic (exact) mass is 303 g/mol. The summed E-state index contributed by atoms with van der Waals surface area (Å²) < 4.78 is 5.50. The highest BCUT2D eigenvalue weighted by molar-refractivity contribution is 6.33. The number of anilines is 3. The molecule has 1 aromatic carbocycles. The minimum Gasteiger partial charge on any atom is -0.473 e. The van der Waals surface area contributed by atoms with E-state index in [1.165, 1.54) is 6.33 Å². The van der Waals surface area contributed by atoms with Crippen molar-refractivity contribution in [2.45, 2.75) is 20.0 Å². The van der Waals surface area contributed by atoms with E-state index < -0.39 is 0 Å². The molecule has 0 aliphatic heterocycles. The van der Waals surface area contributed by atoms with E-state index in [1.54, 1.807) is 18.2 Å². The van der Waals surface area contributed by atoms with Gasteiger partial charge in [-0.1, -0.05) is 11.6 Å². The SMILES string of the molecule is CC(C)Oc1ncnc(Nc2ccc(C#N)cc2Cl)c1N. The zero-order chi connectivity index (χ0) is 15.4. The lowest BCUT2D eigenvalue weighted by Crippen LogP contribution is -2.10. The zero-order valence-electron chi connectivity index (χ0n) is 11.6. The average molecular weight is 304 g/mol. The van der Waals surface area contributed by atoms with Gasteiger partial charge in [0, 0.05) is 0 Å². The number of nitriles is 1. The molecule has 0 amide bonds. The maximum Gasteiger partial charge on any atom is 0.242 e. The van der Waals surface area contributed by atoms with Crippen molar-refractivity contribution in [2.24, 2.45) is 0 Å². The first-order chi connectivity index (χ1) is 10.0. The van der Waals surface area contributed by atoms with E-state index in [1.807, 2.05) is 19.9 Å². The number of halogens is 1. The second-order valence-corrected chi connectivity index (χ2v) is 4.95. The quantitative estimate of drug-likeness (QED) is 0.900. The first kappa shape index (κ1) is 14.9.